The quantitative estimate of drug-likeness (QED) is 0.800. The van der Waals surface area contributed by atoms with Crippen molar-refractivity contribution < 1.29 is 9.53 Å². The Kier molecular flexibility index (Phi) is 3.98. The summed E-state index contributed by atoms with van der Waals surface area (Å²) in [5.41, 5.74) is 5.40. The molecule has 1 heterocycles. The number of hydrogen-bond donors (Lipinski definition) is 1. The molecule has 1 atom stereocenters. The number of likely N-dealkylation sites (N-methyl/N-ethyl adjacent to an activating group) is 1. The van der Waals surface area contributed by atoms with Gasteiger partial charge in [-0.2, -0.15) is 0 Å². The summed E-state index contributed by atoms with van der Waals surface area (Å²) in [5.74, 6) is -0.186. The number of anilines is 1. The zero-order valence-corrected chi connectivity index (χ0v) is 9.74. The topological polar surface area (TPSA) is 81.3 Å². The molecule has 0 aliphatic carbocycles. The number of carbonyl (C=O) groups excluding carboxylic acids is 1. The first-order valence-corrected chi connectivity index (χ1v) is 5.23. The number of aromatic nitrogens is 2. The highest BCUT2D eigenvalue weighted by Crippen LogP contribution is 2.14. The lowest BCUT2D eigenvalue weighted by atomic mass is 10.3. The molecule has 0 aliphatic rings. The number of ether oxygens (including phenoxy) is 1. The van der Waals surface area contributed by atoms with Crippen LogP contribution in [-0.4, -0.2) is 47.8 Å². The van der Waals surface area contributed by atoms with E-state index in [0.717, 1.165) is 11.3 Å². The Labute approximate surface area is 92.0 Å². The van der Waals surface area contributed by atoms with Crippen LogP contribution < -0.4 is 5.73 Å². The van der Waals surface area contributed by atoms with Crippen LogP contribution in [0.1, 0.15) is 16.7 Å². The van der Waals surface area contributed by atoms with Crippen LogP contribution in [0.5, 0.6) is 0 Å². The molecule has 0 aromatic carbocycles. The van der Waals surface area contributed by atoms with Crippen molar-refractivity contribution in [2.75, 3.05) is 26.5 Å². The summed E-state index contributed by atoms with van der Waals surface area (Å²) in [6, 6.07) is -0.00683. The second-order valence-electron chi connectivity index (χ2n) is 3.17. The molecule has 0 bridgehead atoms. The molecule has 6 nitrogen and oxygen atoms in total. The van der Waals surface area contributed by atoms with Crippen molar-refractivity contribution in [1.29, 1.82) is 0 Å². The van der Waals surface area contributed by atoms with Crippen molar-refractivity contribution >= 4 is 22.4 Å². The van der Waals surface area contributed by atoms with E-state index in [-0.39, 0.29) is 11.9 Å². The third-order valence-corrected chi connectivity index (χ3v) is 2.75. The molecular weight excluding hydrogens is 216 g/mol. The number of amides is 1. The van der Waals surface area contributed by atoms with E-state index < -0.39 is 0 Å². The minimum absolute atomic E-state index is 0.00683. The van der Waals surface area contributed by atoms with Crippen LogP contribution >= 0.6 is 11.3 Å². The first kappa shape index (κ1) is 11.9. The number of methoxy groups -OCH3 is 1. The van der Waals surface area contributed by atoms with Gasteiger partial charge in [-0.3, -0.25) is 4.79 Å². The summed E-state index contributed by atoms with van der Waals surface area (Å²) >= 11 is 1.08. The number of hydrogen-bond acceptors (Lipinski definition) is 6. The molecule has 15 heavy (non-hydrogen) atoms. The van der Waals surface area contributed by atoms with Crippen LogP contribution in [0.2, 0.25) is 0 Å². The van der Waals surface area contributed by atoms with Crippen molar-refractivity contribution in [2.45, 2.75) is 13.0 Å². The van der Waals surface area contributed by atoms with Crippen LogP contribution in [0, 0.1) is 0 Å². The first-order chi connectivity index (χ1) is 7.06. The standard InChI is InChI=1S/C8H14N4O2S/c1-5(4-14-3)12(2)7(13)6-10-11-8(9)15-6/h5H,4H2,1-3H3,(H2,9,11). The molecule has 0 fully saturated rings. The lowest BCUT2D eigenvalue weighted by Gasteiger charge is -2.22. The van der Waals surface area contributed by atoms with Crippen molar-refractivity contribution in [3.63, 3.8) is 0 Å². The van der Waals surface area contributed by atoms with Gasteiger partial charge in [0.1, 0.15) is 0 Å². The van der Waals surface area contributed by atoms with Crippen LogP contribution in [-0.2, 0) is 4.74 Å². The maximum absolute atomic E-state index is 11.8. The van der Waals surface area contributed by atoms with Crippen molar-refractivity contribution in [3.8, 4) is 0 Å². The predicted molar refractivity (Wildman–Crippen MR) is 57.8 cm³/mol. The molecule has 0 saturated carbocycles. The Morgan fingerprint density at radius 3 is 2.80 bits per heavy atom. The molecule has 1 aromatic heterocycles. The van der Waals surface area contributed by atoms with Crippen molar-refractivity contribution in [1.82, 2.24) is 15.1 Å². The van der Waals surface area contributed by atoms with Gasteiger partial charge < -0.3 is 15.4 Å². The lowest BCUT2D eigenvalue weighted by Crippen LogP contribution is -2.37. The fraction of sp³-hybridized carbons (Fsp3) is 0.625. The molecule has 0 radical (unpaired) electrons. The monoisotopic (exact) mass is 230 g/mol. The summed E-state index contributed by atoms with van der Waals surface area (Å²) in [4.78, 5) is 13.4. The van der Waals surface area contributed by atoms with Crippen molar-refractivity contribution in [3.05, 3.63) is 5.01 Å². The fourth-order valence-electron chi connectivity index (χ4n) is 1.03. The summed E-state index contributed by atoms with van der Waals surface area (Å²) < 4.78 is 4.96. The second-order valence-corrected chi connectivity index (χ2v) is 4.17. The molecule has 7 heteroatoms. The van der Waals surface area contributed by atoms with Gasteiger partial charge in [-0.25, -0.2) is 0 Å². The van der Waals surface area contributed by atoms with Crippen LogP contribution in [0.25, 0.3) is 0 Å². The fourth-order valence-corrected chi connectivity index (χ4v) is 1.62. The van der Waals surface area contributed by atoms with Gasteiger partial charge in [0.15, 0.2) is 0 Å². The first-order valence-electron chi connectivity index (χ1n) is 4.41. The van der Waals surface area contributed by atoms with E-state index in [1.807, 2.05) is 6.92 Å². The minimum atomic E-state index is -0.186. The molecule has 1 rings (SSSR count). The van der Waals surface area contributed by atoms with E-state index in [0.29, 0.717) is 16.7 Å². The van der Waals surface area contributed by atoms with Gasteiger partial charge in [0.25, 0.3) is 5.91 Å². The van der Waals surface area contributed by atoms with Crippen molar-refractivity contribution in [2.24, 2.45) is 0 Å². The summed E-state index contributed by atoms with van der Waals surface area (Å²) in [5, 5.41) is 7.88. The summed E-state index contributed by atoms with van der Waals surface area (Å²) in [6.07, 6.45) is 0. The number of nitrogens with zero attached hydrogens (tertiary/aromatic N) is 3. The third-order valence-electron chi connectivity index (χ3n) is 2.01. The van der Waals surface area contributed by atoms with E-state index in [2.05, 4.69) is 10.2 Å². The molecule has 0 saturated heterocycles. The van der Waals surface area contributed by atoms with Crippen LogP contribution in [0.4, 0.5) is 5.13 Å². The average Bonchev–Trinajstić information content (AvgIpc) is 2.63. The van der Waals surface area contributed by atoms with Gasteiger partial charge in [0, 0.05) is 14.2 Å². The average molecular weight is 230 g/mol. The number of nitrogen functional groups attached to an aromatic ring is 1. The molecule has 0 spiro atoms. The Morgan fingerprint density at radius 1 is 1.67 bits per heavy atom. The lowest BCUT2D eigenvalue weighted by molar-refractivity contribution is 0.0632. The second kappa shape index (κ2) is 5.04. The van der Waals surface area contributed by atoms with Crippen LogP contribution in [0.3, 0.4) is 0 Å². The Bertz CT molecular complexity index is 341. The smallest absolute Gasteiger partial charge is 0.284 e. The normalized spacial score (nSPS) is 12.5. The van der Waals surface area contributed by atoms with Gasteiger partial charge in [-0.15, -0.1) is 10.2 Å². The predicted octanol–water partition coefficient (Wildman–Crippen LogP) is 0.227. The van der Waals surface area contributed by atoms with E-state index in [1.54, 1.807) is 19.1 Å². The molecule has 0 aliphatic heterocycles. The van der Waals surface area contributed by atoms with Gasteiger partial charge >= 0.3 is 0 Å². The van der Waals surface area contributed by atoms with Gasteiger partial charge in [-0.05, 0) is 6.92 Å². The number of carbonyl (C=O) groups is 1. The van der Waals surface area contributed by atoms with E-state index in [4.69, 9.17) is 10.5 Å². The number of rotatable bonds is 4. The Morgan fingerprint density at radius 2 is 2.33 bits per heavy atom. The largest absolute Gasteiger partial charge is 0.383 e. The van der Waals surface area contributed by atoms with Gasteiger partial charge in [0.2, 0.25) is 10.1 Å². The minimum Gasteiger partial charge on any atom is -0.383 e. The maximum atomic E-state index is 11.8. The highest BCUT2D eigenvalue weighted by atomic mass is 32.1. The molecule has 1 unspecified atom stereocenters. The van der Waals surface area contributed by atoms with E-state index in [9.17, 15) is 4.79 Å². The number of nitrogens with two attached hydrogens (primary N) is 1. The van der Waals surface area contributed by atoms with E-state index in [1.165, 1.54) is 0 Å². The van der Waals surface area contributed by atoms with Crippen LogP contribution in [0.15, 0.2) is 0 Å². The van der Waals surface area contributed by atoms with E-state index >= 15 is 0 Å². The zero-order valence-electron chi connectivity index (χ0n) is 8.93. The highest BCUT2D eigenvalue weighted by molar-refractivity contribution is 7.16. The third kappa shape index (κ3) is 2.87. The zero-order chi connectivity index (χ0) is 11.4. The molecule has 2 N–H and O–H groups in total. The van der Waals surface area contributed by atoms with Gasteiger partial charge in [-0.1, -0.05) is 11.3 Å². The molecule has 84 valence electrons. The maximum Gasteiger partial charge on any atom is 0.284 e. The SMILES string of the molecule is COCC(C)N(C)C(=O)c1nnc(N)s1. The Hall–Kier alpha value is -1.21. The molecule has 1 aromatic rings. The summed E-state index contributed by atoms with van der Waals surface area (Å²) in [7, 11) is 3.29. The van der Waals surface area contributed by atoms with Gasteiger partial charge in [0.05, 0.1) is 12.6 Å². The summed E-state index contributed by atoms with van der Waals surface area (Å²) in [6.45, 7) is 2.38. The highest BCUT2D eigenvalue weighted by Gasteiger charge is 2.20. The Balaban J connectivity index is 2.68. The molecular formula is C8H14N4O2S. The molecule has 1 amide bonds.